The molecule has 1 aromatic rings. The van der Waals surface area contributed by atoms with Crippen molar-refractivity contribution in [3.05, 3.63) is 46.5 Å². The van der Waals surface area contributed by atoms with Crippen LogP contribution in [0.15, 0.2) is 35.9 Å². The predicted octanol–water partition coefficient (Wildman–Crippen LogP) is 5.00. The predicted molar refractivity (Wildman–Crippen MR) is 203 cm³/mol. The normalized spacial score (nSPS) is 31.5. The van der Waals surface area contributed by atoms with Crippen LogP contribution >= 0.6 is 24.2 Å². The van der Waals surface area contributed by atoms with Gasteiger partial charge in [0.25, 0.3) is 0 Å². The molecule has 0 radical (unpaired) electrons. The van der Waals surface area contributed by atoms with Crippen LogP contribution in [0.2, 0.25) is 5.02 Å². The first-order chi connectivity index (χ1) is 24.6. The van der Waals surface area contributed by atoms with Gasteiger partial charge in [0.1, 0.15) is 40.7 Å². The molecule has 4 rings (SSSR count). The number of methoxy groups -OCH3 is 2. The molecule has 13 nitrogen and oxygen atoms in total. The Morgan fingerprint density at radius 3 is 2.57 bits per heavy atom. The largest absolute Gasteiger partial charge is 0.495 e. The standard InChI is InChI=1S/C38H54ClN3O10S/c1-21-12-11-13-28(49-10)38(47)20-27(50-35(46)40-38)22(2)33-37(6,52-33)29(51-34(45)23(3)41(7)30(43)14-15-36(4,5)53)19-31(44)42(8)25-17-24(16-21)18-26(48-9)32(25)39/h11-13,17-18,22-23,27-29,33,47,53H,14-16,19-20H2,1-10H3,(H,40,46)/b13-11+,21-12+/t22-,23+,27+,28-,29+,33-,37+,38+/m1/s1. The molecule has 294 valence electrons. The number of alkyl carbamates (subject to hydrolysis) is 1. The molecule has 3 amide bonds. The molecule has 3 aliphatic heterocycles. The van der Waals surface area contributed by atoms with E-state index in [9.17, 15) is 24.3 Å². The van der Waals surface area contributed by atoms with E-state index >= 15 is 0 Å². The second-order valence-corrected chi connectivity index (χ2v) is 16.8. The number of hydrogen-bond acceptors (Lipinski definition) is 11. The molecule has 3 heterocycles. The van der Waals surface area contributed by atoms with Crippen LogP contribution in [0.4, 0.5) is 10.5 Å². The number of epoxide rings is 1. The van der Waals surface area contributed by atoms with Crippen molar-refractivity contribution < 1.29 is 48.0 Å². The summed E-state index contributed by atoms with van der Waals surface area (Å²) in [6, 6.07) is 2.60. The maximum atomic E-state index is 14.1. The summed E-state index contributed by atoms with van der Waals surface area (Å²) >= 11 is 11.3. The number of carbonyl (C=O) groups excluding carboxylic acids is 4. The number of carbonyl (C=O) groups is 4. The van der Waals surface area contributed by atoms with Gasteiger partial charge in [-0.2, -0.15) is 12.6 Å². The van der Waals surface area contributed by atoms with Crippen molar-refractivity contribution in [2.45, 2.75) is 120 Å². The topological polar surface area (TPSA) is 156 Å². The van der Waals surface area contributed by atoms with Crippen LogP contribution in [-0.2, 0) is 39.8 Å². The molecule has 3 aliphatic rings. The number of ether oxygens (including phenoxy) is 5. The average Bonchev–Trinajstić information content (AvgIpc) is 3.78. The van der Waals surface area contributed by atoms with Gasteiger partial charge in [-0.25, -0.2) is 9.59 Å². The highest BCUT2D eigenvalue weighted by molar-refractivity contribution is 7.81. The summed E-state index contributed by atoms with van der Waals surface area (Å²) in [7, 11) is 6.02. The number of nitrogens with zero attached hydrogens (tertiary/aromatic N) is 2. The van der Waals surface area contributed by atoms with Crippen LogP contribution in [0.25, 0.3) is 0 Å². The average molecular weight is 780 g/mol. The highest BCUT2D eigenvalue weighted by Crippen LogP contribution is 2.49. The Hall–Kier alpha value is -3.30. The van der Waals surface area contributed by atoms with E-state index in [4.69, 9.17) is 35.3 Å². The van der Waals surface area contributed by atoms with Gasteiger partial charge < -0.3 is 38.6 Å². The van der Waals surface area contributed by atoms with Crippen LogP contribution in [0.1, 0.15) is 72.8 Å². The van der Waals surface area contributed by atoms with Crippen LogP contribution in [0.3, 0.4) is 0 Å². The Balaban J connectivity index is 1.74. The summed E-state index contributed by atoms with van der Waals surface area (Å²) in [6.07, 6.45) is 1.61. The number of rotatable bonds is 8. The van der Waals surface area contributed by atoms with E-state index in [2.05, 4.69) is 17.9 Å². The van der Waals surface area contributed by atoms with E-state index in [-0.39, 0.29) is 34.9 Å². The molecule has 4 bridgehead atoms. The molecule has 2 saturated heterocycles. The number of nitrogens with one attached hydrogen (secondary N) is 1. The molecule has 0 unspecified atom stereocenters. The van der Waals surface area contributed by atoms with Crippen LogP contribution in [0, 0.1) is 5.92 Å². The fourth-order valence-corrected chi connectivity index (χ4v) is 7.23. The van der Waals surface area contributed by atoms with Gasteiger partial charge in [-0.1, -0.05) is 56.2 Å². The SMILES string of the molecule is COc1cc2cc(c1Cl)N(C)C(=O)C[C@H](OC(=O)[C@H](C)N(C)C(=O)CCC(C)(C)S)[C@]1(C)O[C@@H]1[C@H](C)[C@@H]1C[C@@](O)(NC(=O)O1)[C@H](OC)/C=C/C=C(\C)C2. The van der Waals surface area contributed by atoms with E-state index in [1.165, 1.54) is 31.1 Å². The van der Waals surface area contributed by atoms with Crippen molar-refractivity contribution in [2.75, 3.05) is 33.2 Å². The zero-order chi connectivity index (χ0) is 39.6. The minimum atomic E-state index is -1.83. The molecule has 0 aliphatic carbocycles. The zero-order valence-electron chi connectivity index (χ0n) is 32.2. The summed E-state index contributed by atoms with van der Waals surface area (Å²) in [5.74, 6) is -1.58. The fraction of sp³-hybridized carbons (Fsp3) is 0.632. The Labute approximate surface area is 322 Å². The van der Waals surface area contributed by atoms with Crippen molar-refractivity contribution in [3.63, 3.8) is 0 Å². The summed E-state index contributed by atoms with van der Waals surface area (Å²) < 4.78 is 28.8. The molecule has 53 heavy (non-hydrogen) atoms. The number of allylic oxidation sites excluding steroid dienone is 3. The number of halogens is 1. The smallest absolute Gasteiger partial charge is 0.409 e. The molecule has 8 atom stereocenters. The third kappa shape index (κ3) is 9.88. The maximum absolute atomic E-state index is 14.1. The van der Waals surface area contributed by atoms with Crippen molar-refractivity contribution in [3.8, 4) is 5.75 Å². The molecule has 2 fully saturated rings. The quantitative estimate of drug-likeness (QED) is 0.187. The Bertz CT molecular complexity index is 1630. The highest BCUT2D eigenvalue weighted by atomic mass is 35.5. The number of likely N-dealkylation sites (N-methyl/N-ethyl adjacent to an activating group) is 1. The first kappa shape index (κ1) is 42.4. The lowest BCUT2D eigenvalue weighted by atomic mass is 9.83. The van der Waals surface area contributed by atoms with Crippen molar-refractivity contribution >= 4 is 53.8 Å². The second kappa shape index (κ2) is 16.6. The minimum absolute atomic E-state index is 0.0509. The molecule has 0 aromatic heterocycles. The van der Waals surface area contributed by atoms with Crippen LogP contribution in [0.5, 0.6) is 5.75 Å². The fourth-order valence-electron chi connectivity index (χ4n) is 6.81. The van der Waals surface area contributed by atoms with Gasteiger partial charge in [-0.05, 0) is 51.3 Å². The number of hydrogen-bond donors (Lipinski definition) is 3. The third-order valence-corrected chi connectivity index (χ3v) is 11.1. The lowest BCUT2D eigenvalue weighted by Gasteiger charge is -2.42. The van der Waals surface area contributed by atoms with Crippen molar-refractivity contribution in [1.29, 1.82) is 0 Å². The summed E-state index contributed by atoms with van der Waals surface area (Å²) in [6.45, 7) is 10.8. The van der Waals surface area contributed by atoms with Crippen molar-refractivity contribution in [2.24, 2.45) is 5.92 Å². The van der Waals surface area contributed by atoms with Gasteiger partial charge >= 0.3 is 12.1 Å². The number of amides is 3. The van der Waals surface area contributed by atoms with Gasteiger partial charge in [0.05, 0.1) is 25.3 Å². The maximum Gasteiger partial charge on any atom is 0.409 e. The highest BCUT2D eigenvalue weighted by Gasteiger charge is 2.64. The first-order valence-electron chi connectivity index (χ1n) is 17.7. The van der Waals surface area contributed by atoms with E-state index < -0.39 is 65.7 Å². The minimum Gasteiger partial charge on any atom is -0.495 e. The summed E-state index contributed by atoms with van der Waals surface area (Å²) in [4.78, 5) is 56.5. The Morgan fingerprint density at radius 2 is 1.94 bits per heavy atom. The van der Waals surface area contributed by atoms with Crippen LogP contribution in [-0.4, -0.2) is 109 Å². The zero-order valence-corrected chi connectivity index (χ0v) is 33.9. The number of fused-ring (bicyclic) bond motifs is 5. The number of esters is 1. The van der Waals surface area contributed by atoms with Gasteiger partial charge in [0, 0.05) is 44.7 Å². The molecular weight excluding hydrogens is 726 g/mol. The molecule has 1 aromatic carbocycles. The Morgan fingerprint density at radius 1 is 1.26 bits per heavy atom. The Kier molecular flexibility index (Phi) is 13.3. The van der Waals surface area contributed by atoms with Gasteiger partial charge in [-0.15, -0.1) is 0 Å². The van der Waals surface area contributed by atoms with Gasteiger partial charge in [0.2, 0.25) is 11.8 Å². The van der Waals surface area contributed by atoms with E-state index in [0.29, 0.717) is 24.3 Å². The molecule has 0 spiro atoms. The number of anilines is 1. The molecular formula is C38H54ClN3O10S. The van der Waals surface area contributed by atoms with E-state index in [1.807, 2.05) is 26.8 Å². The summed E-state index contributed by atoms with van der Waals surface area (Å²) in [5, 5.41) is 14.5. The van der Waals surface area contributed by atoms with Crippen LogP contribution < -0.4 is 15.0 Å². The summed E-state index contributed by atoms with van der Waals surface area (Å²) in [5.41, 5.74) is -0.916. The van der Waals surface area contributed by atoms with Gasteiger partial charge in [0.15, 0.2) is 5.72 Å². The van der Waals surface area contributed by atoms with Gasteiger partial charge in [-0.3, -0.25) is 14.9 Å². The monoisotopic (exact) mass is 779 g/mol. The number of thiol groups is 1. The number of benzene rings is 1. The second-order valence-electron chi connectivity index (χ2n) is 15.2. The lowest BCUT2D eigenvalue weighted by molar-refractivity contribution is -0.162. The lowest BCUT2D eigenvalue weighted by Crippen LogP contribution is -2.63. The first-order valence-corrected chi connectivity index (χ1v) is 18.5. The van der Waals surface area contributed by atoms with Crippen molar-refractivity contribution in [1.82, 2.24) is 10.2 Å². The molecule has 0 saturated carbocycles. The number of aliphatic hydroxyl groups is 1. The van der Waals surface area contributed by atoms with E-state index in [1.54, 1.807) is 52.1 Å². The molecule has 2 N–H and O–H groups in total. The third-order valence-electron chi connectivity index (χ3n) is 10.5. The molecule has 15 heteroatoms. The van der Waals surface area contributed by atoms with E-state index in [0.717, 1.165) is 11.1 Å².